The van der Waals surface area contributed by atoms with E-state index in [1.165, 1.54) is 0 Å². The van der Waals surface area contributed by atoms with Crippen molar-refractivity contribution in [3.63, 3.8) is 0 Å². The summed E-state index contributed by atoms with van der Waals surface area (Å²) in [5, 5.41) is 0.357. The van der Waals surface area contributed by atoms with E-state index in [0.717, 1.165) is 11.3 Å². The molecule has 0 amide bonds. The molecule has 0 radical (unpaired) electrons. The molecule has 2 heterocycles. The van der Waals surface area contributed by atoms with E-state index >= 15 is 0 Å². The van der Waals surface area contributed by atoms with Crippen LogP contribution in [0.15, 0.2) is 41.1 Å². The van der Waals surface area contributed by atoms with Gasteiger partial charge in [0.1, 0.15) is 0 Å². The highest BCUT2D eigenvalue weighted by Crippen LogP contribution is 2.31. The Kier molecular flexibility index (Phi) is 3.27. The maximum atomic E-state index is 6.13. The molecule has 0 spiro atoms. The second-order valence-electron chi connectivity index (χ2n) is 3.72. The quantitative estimate of drug-likeness (QED) is 0.891. The van der Waals surface area contributed by atoms with Crippen molar-refractivity contribution in [2.45, 2.75) is 18.9 Å². The first-order valence-electron chi connectivity index (χ1n) is 5.09. The summed E-state index contributed by atoms with van der Waals surface area (Å²) in [6, 6.07) is 7.38. The van der Waals surface area contributed by atoms with Gasteiger partial charge in [0, 0.05) is 29.4 Å². The molecule has 0 saturated carbocycles. The average Bonchev–Trinajstić information content (AvgIpc) is 2.75. The fraction of sp³-hybridized carbons (Fsp3) is 0.250. The van der Waals surface area contributed by atoms with Crippen molar-refractivity contribution in [1.82, 2.24) is 4.98 Å². The zero-order valence-electron chi connectivity index (χ0n) is 8.93. The van der Waals surface area contributed by atoms with E-state index in [-0.39, 0.29) is 12.0 Å². The Labute approximate surface area is 99.2 Å². The summed E-state index contributed by atoms with van der Waals surface area (Å²) >= 11 is 5.90. The number of halogens is 1. The number of nitrogens with zero attached hydrogens (tertiary/aromatic N) is 1. The molecule has 0 aliphatic carbocycles. The summed E-state index contributed by atoms with van der Waals surface area (Å²) in [4.78, 5) is 4.29. The highest BCUT2D eigenvalue weighted by molar-refractivity contribution is 6.29. The fourth-order valence-electron chi connectivity index (χ4n) is 1.64. The Bertz CT molecular complexity index is 455. The molecule has 0 saturated heterocycles. The van der Waals surface area contributed by atoms with Crippen LogP contribution in [0.5, 0.6) is 0 Å². The van der Waals surface area contributed by atoms with E-state index < -0.39 is 0 Å². The molecule has 4 heteroatoms. The zero-order chi connectivity index (χ0) is 11.5. The van der Waals surface area contributed by atoms with Crippen molar-refractivity contribution in [2.24, 2.45) is 5.73 Å². The highest BCUT2D eigenvalue weighted by atomic mass is 35.5. The van der Waals surface area contributed by atoms with Crippen LogP contribution >= 0.6 is 11.6 Å². The topological polar surface area (TPSA) is 52.0 Å². The molecule has 0 fully saturated rings. The van der Waals surface area contributed by atoms with Crippen LogP contribution in [-0.4, -0.2) is 4.98 Å². The van der Waals surface area contributed by atoms with Crippen LogP contribution in [0.3, 0.4) is 0 Å². The SMILES string of the molecule is CC(c1ccccn1)C(N)c1ccoc1Cl. The Balaban J connectivity index is 2.23. The lowest BCUT2D eigenvalue weighted by Gasteiger charge is -2.18. The Morgan fingerprint density at radius 3 is 2.75 bits per heavy atom. The maximum Gasteiger partial charge on any atom is 0.197 e. The van der Waals surface area contributed by atoms with E-state index in [0.29, 0.717) is 5.22 Å². The van der Waals surface area contributed by atoms with Gasteiger partial charge in [0.15, 0.2) is 5.22 Å². The fourth-order valence-corrected chi connectivity index (χ4v) is 1.88. The van der Waals surface area contributed by atoms with Gasteiger partial charge in [-0.25, -0.2) is 0 Å². The molecule has 2 rings (SSSR count). The average molecular weight is 237 g/mol. The Morgan fingerprint density at radius 2 is 2.19 bits per heavy atom. The lowest BCUT2D eigenvalue weighted by molar-refractivity contribution is 0.543. The van der Waals surface area contributed by atoms with Crippen LogP contribution in [0.25, 0.3) is 0 Å². The van der Waals surface area contributed by atoms with Crippen LogP contribution in [0.4, 0.5) is 0 Å². The van der Waals surface area contributed by atoms with Gasteiger partial charge in [0.05, 0.1) is 6.26 Å². The smallest absolute Gasteiger partial charge is 0.197 e. The summed E-state index contributed by atoms with van der Waals surface area (Å²) in [5.74, 6) is 0.0938. The normalized spacial score (nSPS) is 14.7. The second-order valence-corrected chi connectivity index (χ2v) is 4.06. The number of hydrogen-bond donors (Lipinski definition) is 1. The summed E-state index contributed by atoms with van der Waals surface area (Å²) in [6.45, 7) is 2.02. The largest absolute Gasteiger partial charge is 0.453 e. The number of pyridine rings is 1. The molecule has 2 N–H and O–H groups in total. The third-order valence-electron chi connectivity index (χ3n) is 2.70. The molecule has 3 nitrogen and oxygen atoms in total. The van der Waals surface area contributed by atoms with Crippen molar-refractivity contribution in [3.8, 4) is 0 Å². The van der Waals surface area contributed by atoms with Gasteiger partial charge < -0.3 is 10.2 Å². The van der Waals surface area contributed by atoms with Gasteiger partial charge in [-0.3, -0.25) is 4.98 Å². The number of nitrogens with two attached hydrogens (primary N) is 1. The number of aromatic nitrogens is 1. The van der Waals surface area contributed by atoms with Crippen molar-refractivity contribution in [2.75, 3.05) is 0 Å². The van der Waals surface area contributed by atoms with Gasteiger partial charge in [-0.1, -0.05) is 13.0 Å². The minimum absolute atomic E-state index is 0.0938. The minimum atomic E-state index is -0.207. The van der Waals surface area contributed by atoms with E-state index in [2.05, 4.69) is 4.98 Å². The number of hydrogen-bond acceptors (Lipinski definition) is 3. The third-order valence-corrected chi connectivity index (χ3v) is 3.01. The maximum absolute atomic E-state index is 6.13. The van der Waals surface area contributed by atoms with Crippen LogP contribution in [0.1, 0.15) is 30.1 Å². The molecule has 2 unspecified atom stereocenters. The predicted molar refractivity (Wildman–Crippen MR) is 63.3 cm³/mol. The first-order valence-corrected chi connectivity index (χ1v) is 5.47. The first-order chi connectivity index (χ1) is 7.70. The van der Waals surface area contributed by atoms with Crippen molar-refractivity contribution < 1.29 is 4.42 Å². The molecule has 84 valence electrons. The molecule has 2 aromatic rings. The highest BCUT2D eigenvalue weighted by Gasteiger charge is 2.21. The third kappa shape index (κ3) is 2.10. The molecule has 16 heavy (non-hydrogen) atoms. The van der Waals surface area contributed by atoms with Crippen molar-refractivity contribution in [3.05, 3.63) is 53.2 Å². The predicted octanol–water partition coefficient (Wildman–Crippen LogP) is 3.13. The Morgan fingerprint density at radius 1 is 1.38 bits per heavy atom. The molecule has 2 atom stereocenters. The van der Waals surface area contributed by atoms with Gasteiger partial charge >= 0.3 is 0 Å². The van der Waals surface area contributed by atoms with Crippen LogP contribution in [0.2, 0.25) is 5.22 Å². The van der Waals surface area contributed by atoms with Gasteiger partial charge in [0.2, 0.25) is 0 Å². The van der Waals surface area contributed by atoms with Gasteiger partial charge in [-0.2, -0.15) is 0 Å². The molecule has 0 bridgehead atoms. The van der Waals surface area contributed by atoms with E-state index in [1.807, 2.05) is 25.1 Å². The molecule has 0 aliphatic rings. The van der Waals surface area contributed by atoms with Crippen molar-refractivity contribution >= 4 is 11.6 Å². The van der Waals surface area contributed by atoms with Crippen LogP contribution in [0, 0.1) is 0 Å². The number of furan rings is 1. The summed E-state index contributed by atoms with van der Waals surface area (Å²) < 4.78 is 5.04. The summed E-state index contributed by atoms with van der Waals surface area (Å²) in [5.41, 5.74) is 7.90. The van der Waals surface area contributed by atoms with E-state index in [1.54, 1.807) is 18.5 Å². The monoisotopic (exact) mass is 236 g/mol. The Hall–Kier alpha value is -1.32. The molecule has 0 aliphatic heterocycles. The zero-order valence-corrected chi connectivity index (χ0v) is 9.69. The minimum Gasteiger partial charge on any atom is -0.453 e. The van der Waals surface area contributed by atoms with Gasteiger partial charge in [-0.15, -0.1) is 0 Å². The summed E-state index contributed by atoms with van der Waals surface area (Å²) in [6.07, 6.45) is 3.30. The summed E-state index contributed by atoms with van der Waals surface area (Å²) in [7, 11) is 0. The molecular formula is C12H13ClN2O. The van der Waals surface area contributed by atoms with E-state index in [4.69, 9.17) is 21.8 Å². The second kappa shape index (κ2) is 4.68. The molecule has 0 aromatic carbocycles. The molecule has 2 aromatic heterocycles. The lowest BCUT2D eigenvalue weighted by atomic mass is 9.94. The van der Waals surface area contributed by atoms with Crippen LogP contribution < -0.4 is 5.73 Å². The van der Waals surface area contributed by atoms with Crippen molar-refractivity contribution in [1.29, 1.82) is 0 Å². The van der Waals surface area contributed by atoms with Gasteiger partial charge in [-0.05, 0) is 29.8 Å². The standard InChI is InChI=1S/C12H13ClN2O/c1-8(10-4-2-3-6-15-10)11(14)9-5-7-16-12(9)13/h2-8,11H,14H2,1H3. The van der Waals surface area contributed by atoms with E-state index in [9.17, 15) is 0 Å². The molecular weight excluding hydrogens is 224 g/mol. The number of rotatable bonds is 3. The lowest BCUT2D eigenvalue weighted by Crippen LogP contribution is -2.18. The van der Waals surface area contributed by atoms with Crippen LogP contribution in [-0.2, 0) is 0 Å². The van der Waals surface area contributed by atoms with Gasteiger partial charge in [0.25, 0.3) is 0 Å². The first kappa shape index (κ1) is 11.2.